The predicted octanol–water partition coefficient (Wildman–Crippen LogP) is 2.20. The Labute approximate surface area is 130 Å². The highest BCUT2D eigenvalue weighted by atomic mass is 16.5. The van der Waals surface area contributed by atoms with Crippen LogP contribution in [0.15, 0.2) is 24.3 Å². The third-order valence-corrected chi connectivity index (χ3v) is 4.03. The fraction of sp³-hybridized carbons (Fsp3) is 0.529. The highest BCUT2D eigenvalue weighted by Gasteiger charge is 2.25. The van der Waals surface area contributed by atoms with E-state index in [0.717, 1.165) is 31.5 Å². The Morgan fingerprint density at radius 2 is 2.05 bits per heavy atom. The Bertz CT molecular complexity index is 512. The molecule has 1 atom stereocenters. The molecular weight excluding hydrogens is 282 g/mol. The SMILES string of the molecule is CCOCCC(=O)N1CC[C@@H](Cc2ccc(C(=O)O)cc2)C1. The number of likely N-dealkylation sites (tertiary alicyclic amines) is 1. The molecule has 2 rings (SSSR count). The van der Waals surface area contributed by atoms with Gasteiger partial charge < -0.3 is 14.7 Å². The van der Waals surface area contributed by atoms with E-state index in [1.54, 1.807) is 12.1 Å². The van der Waals surface area contributed by atoms with Crippen molar-refractivity contribution >= 4 is 11.9 Å². The van der Waals surface area contributed by atoms with E-state index in [4.69, 9.17) is 9.84 Å². The van der Waals surface area contributed by atoms with E-state index in [0.29, 0.717) is 31.1 Å². The molecule has 5 nitrogen and oxygen atoms in total. The Balaban J connectivity index is 1.80. The second-order valence-electron chi connectivity index (χ2n) is 5.65. The quantitative estimate of drug-likeness (QED) is 0.784. The molecule has 1 amide bonds. The van der Waals surface area contributed by atoms with Crippen molar-refractivity contribution in [3.8, 4) is 0 Å². The first kappa shape index (κ1) is 16.5. The number of carboxylic acid groups (broad SMARTS) is 1. The van der Waals surface area contributed by atoms with Crippen molar-refractivity contribution in [1.82, 2.24) is 4.90 Å². The molecule has 1 aromatic rings. The highest BCUT2D eigenvalue weighted by molar-refractivity contribution is 5.87. The third-order valence-electron chi connectivity index (χ3n) is 4.03. The molecule has 120 valence electrons. The Morgan fingerprint density at radius 1 is 1.32 bits per heavy atom. The van der Waals surface area contributed by atoms with Crippen LogP contribution in [0.1, 0.15) is 35.7 Å². The van der Waals surface area contributed by atoms with Gasteiger partial charge in [-0.1, -0.05) is 12.1 Å². The number of hydrogen-bond acceptors (Lipinski definition) is 3. The molecule has 0 bridgehead atoms. The van der Waals surface area contributed by atoms with E-state index in [9.17, 15) is 9.59 Å². The van der Waals surface area contributed by atoms with Crippen LogP contribution in [0.4, 0.5) is 0 Å². The molecule has 0 aromatic heterocycles. The zero-order valence-corrected chi connectivity index (χ0v) is 13.0. The molecule has 0 saturated carbocycles. The van der Waals surface area contributed by atoms with Crippen molar-refractivity contribution < 1.29 is 19.4 Å². The largest absolute Gasteiger partial charge is 0.478 e. The van der Waals surface area contributed by atoms with Gasteiger partial charge in [-0.05, 0) is 43.4 Å². The van der Waals surface area contributed by atoms with Crippen LogP contribution in [0.3, 0.4) is 0 Å². The number of carbonyl (C=O) groups excluding carboxylic acids is 1. The van der Waals surface area contributed by atoms with Crippen LogP contribution in [0.2, 0.25) is 0 Å². The van der Waals surface area contributed by atoms with Crippen molar-refractivity contribution in [2.24, 2.45) is 5.92 Å². The van der Waals surface area contributed by atoms with Crippen LogP contribution in [0.25, 0.3) is 0 Å². The molecule has 1 aliphatic rings. The van der Waals surface area contributed by atoms with E-state index < -0.39 is 5.97 Å². The van der Waals surface area contributed by atoms with E-state index >= 15 is 0 Å². The first-order chi connectivity index (χ1) is 10.6. The maximum absolute atomic E-state index is 12.0. The molecule has 0 aliphatic carbocycles. The molecule has 1 fully saturated rings. The Hall–Kier alpha value is -1.88. The van der Waals surface area contributed by atoms with Gasteiger partial charge in [0, 0.05) is 19.7 Å². The van der Waals surface area contributed by atoms with Crippen molar-refractivity contribution in [3.63, 3.8) is 0 Å². The summed E-state index contributed by atoms with van der Waals surface area (Å²) in [5.74, 6) is -0.289. The van der Waals surface area contributed by atoms with Crippen LogP contribution in [-0.2, 0) is 16.0 Å². The summed E-state index contributed by atoms with van der Waals surface area (Å²) in [5, 5.41) is 8.89. The van der Waals surface area contributed by atoms with Crippen molar-refractivity contribution in [3.05, 3.63) is 35.4 Å². The van der Waals surface area contributed by atoms with Gasteiger partial charge in [0.05, 0.1) is 18.6 Å². The summed E-state index contributed by atoms with van der Waals surface area (Å²) in [6.07, 6.45) is 2.34. The fourth-order valence-electron chi connectivity index (χ4n) is 2.80. The van der Waals surface area contributed by atoms with Gasteiger partial charge in [-0.3, -0.25) is 4.79 Å². The molecule has 1 heterocycles. The normalized spacial score (nSPS) is 17.7. The minimum absolute atomic E-state index is 0.164. The van der Waals surface area contributed by atoms with Crippen LogP contribution >= 0.6 is 0 Å². The number of amides is 1. The van der Waals surface area contributed by atoms with Crippen molar-refractivity contribution in [1.29, 1.82) is 0 Å². The van der Waals surface area contributed by atoms with Gasteiger partial charge in [0.2, 0.25) is 5.91 Å². The van der Waals surface area contributed by atoms with Crippen LogP contribution in [0, 0.1) is 5.92 Å². The van der Waals surface area contributed by atoms with Gasteiger partial charge in [-0.2, -0.15) is 0 Å². The maximum atomic E-state index is 12.0. The fourth-order valence-corrected chi connectivity index (χ4v) is 2.80. The lowest BCUT2D eigenvalue weighted by Gasteiger charge is -2.16. The zero-order chi connectivity index (χ0) is 15.9. The minimum atomic E-state index is -0.904. The van der Waals surface area contributed by atoms with Crippen molar-refractivity contribution in [2.45, 2.75) is 26.2 Å². The molecule has 1 saturated heterocycles. The third kappa shape index (κ3) is 4.56. The summed E-state index contributed by atoms with van der Waals surface area (Å²) in [7, 11) is 0. The summed E-state index contributed by atoms with van der Waals surface area (Å²) < 4.78 is 5.22. The lowest BCUT2D eigenvalue weighted by Crippen LogP contribution is -2.29. The Morgan fingerprint density at radius 3 is 2.68 bits per heavy atom. The lowest BCUT2D eigenvalue weighted by molar-refractivity contribution is -0.131. The number of aromatic carboxylic acids is 1. The number of carboxylic acids is 1. The monoisotopic (exact) mass is 305 g/mol. The molecule has 0 unspecified atom stereocenters. The standard InChI is InChI=1S/C17H23NO4/c1-2-22-10-8-16(19)18-9-7-14(12-18)11-13-3-5-15(6-4-13)17(20)21/h3-6,14H,2,7-12H2,1H3,(H,20,21)/t14-/m0/s1. The average molecular weight is 305 g/mol. The van der Waals surface area contributed by atoms with Gasteiger partial charge in [0.25, 0.3) is 0 Å². The van der Waals surface area contributed by atoms with Gasteiger partial charge >= 0.3 is 5.97 Å². The summed E-state index contributed by atoms with van der Waals surface area (Å²) in [5.41, 5.74) is 1.43. The van der Waals surface area contributed by atoms with E-state index in [1.807, 2.05) is 24.0 Å². The maximum Gasteiger partial charge on any atom is 0.335 e. The van der Waals surface area contributed by atoms with E-state index in [-0.39, 0.29) is 5.91 Å². The van der Waals surface area contributed by atoms with Crippen molar-refractivity contribution in [2.75, 3.05) is 26.3 Å². The molecule has 0 radical (unpaired) electrons. The lowest BCUT2D eigenvalue weighted by atomic mass is 9.98. The number of rotatable bonds is 7. The van der Waals surface area contributed by atoms with Gasteiger partial charge in [-0.15, -0.1) is 0 Å². The number of ether oxygens (including phenoxy) is 1. The van der Waals surface area contributed by atoms with Crippen LogP contribution in [-0.4, -0.2) is 48.2 Å². The van der Waals surface area contributed by atoms with Gasteiger partial charge in [0.1, 0.15) is 0 Å². The molecule has 0 spiro atoms. The molecule has 5 heteroatoms. The topological polar surface area (TPSA) is 66.8 Å². The number of carbonyl (C=O) groups is 2. The summed E-state index contributed by atoms with van der Waals surface area (Å²) in [6, 6.07) is 7.00. The molecule has 22 heavy (non-hydrogen) atoms. The van der Waals surface area contributed by atoms with Gasteiger partial charge in [0.15, 0.2) is 0 Å². The Kier molecular flexibility index (Phi) is 5.95. The molecular formula is C17H23NO4. The van der Waals surface area contributed by atoms with E-state index in [2.05, 4.69) is 0 Å². The number of hydrogen-bond donors (Lipinski definition) is 1. The second-order valence-corrected chi connectivity index (χ2v) is 5.65. The summed E-state index contributed by atoms with van der Waals surface area (Å²) in [4.78, 5) is 24.8. The zero-order valence-electron chi connectivity index (χ0n) is 13.0. The van der Waals surface area contributed by atoms with Crippen LogP contribution < -0.4 is 0 Å². The second kappa shape index (κ2) is 7.94. The smallest absolute Gasteiger partial charge is 0.335 e. The summed E-state index contributed by atoms with van der Waals surface area (Å²) >= 11 is 0. The number of benzene rings is 1. The predicted molar refractivity (Wildman–Crippen MR) is 82.9 cm³/mol. The minimum Gasteiger partial charge on any atom is -0.478 e. The number of nitrogens with zero attached hydrogens (tertiary/aromatic N) is 1. The first-order valence-corrected chi connectivity index (χ1v) is 7.78. The first-order valence-electron chi connectivity index (χ1n) is 7.78. The molecule has 1 aromatic carbocycles. The van der Waals surface area contributed by atoms with Gasteiger partial charge in [-0.25, -0.2) is 4.79 Å². The average Bonchev–Trinajstić information content (AvgIpc) is 2.96. The molecule has 1 N–H and O–H groups in total. The molecule has 1 aliphatic heterocycles. The highest BCUT2D eigenvalue weighted by Crippen LogP contribution is 2.21. The van der Waals surface area contributed by atoms with E-state index in [1.165, 1.54) is 0 Å². The summed E-state index contributed by atoms with van der Waals surface area (Å²) in [6.45, 7) is 4.65. The van der Waals surface area contributed by atoms with Crippen LogP contribution in [0.5, 0.6) is 0 Å².